The van der Waals surface area contributed by atoms with Gasteiger partial charge in [-0.1, -0.05) is 38.1 Å². The van der Waals surface area contributed by atoms with Gasteiger partial charge in [-0.25, -0.2) is 18.1 Å². The third kappa shape index (κ3) is 6.13. The molecule has 10 heteroatoms. The molecule has 1 N–H and O–H groups in total. The largest absolute Gasteiger partial charge is 0.477 e. The number of aromatic nitrogens is 2. The summed E-state index contributed by atoms with van der Waals surface area (Å²) in [6, 6.07) is 13.8. The van der Waals surface area contributed by atoms with Gasteiger partial charge >= 0.3 is 0 Å². The average Bonchev–Trinajstić information content (AvgIpc) is 2.91. The maximum absolute atomic E-state index is 13.7. The first-order valence-corrected chi connectivity index (χ1v) is 15.3. The molecule has 0 saturated carbocycles. The summed E-state index contributed by atoms with van der Waals surface area (Å²) in [5.74, 6) is 0.627. The summed E-state index contributed by atoms with van der Waals surface area (Å²) >= 11 is 0. The van der Waals surface area contributed by atoms with Gasteiger partial charge in [-0.05, 0) is 62.1 Å². The van der Waals surface area contributed by atoms with Crippen LogP contribution in [0.4, 0.5) is 5.95 Å². The van der Waals surface area contributed by atoms with Crippen molar-refractivity contribution in [2.45, 2.75) is 51.5 Å². The van der Waals surface area contributed by atoms with Crippen molar-refractivity contribution in [1.29, 1.82) is 0 Å². The second-order valence-electron chi connectivity index (χ2n) is 11.1. The van der Waals surface area contributed by atoms with Crippen molar-refractivity contribution in [3.05, 3.63) is 65.2 Å². The number of fused-ring (bicyclic) bond motifs is 5. The molecule has 2 aliphatic heterocycles. The Kier molecular flexibility index (Phi) is 8.09. The van der Waals surface area contributed by atoms with Gasteiger partial charge in [-0.15, -0.1) is 0 Å². The number of nitrogens with zero attached hydrogens (tertiary/aromatic N) is 4. The molecular formula is C30H37N5O4S. The highest BCUT2D eigenvalue weighted by molar-refractivity contribution is 7.92. The molecule has 1 amide bonds. The number of aryl methyl sites for hydroxylation is 2. The molecule has 1 aromatic heterocycles. The second kappa shape index (κ2) is 11.5. The van der Waals surface area contributed by atoms with Gasteiger partial charge in [-0.3, -0.25) is 9.69 Å². The quantitative estimate of drug-likeness (QED) is 0.498. The molecular weight excluding hydrogens is 526 g/mol. The molecule has 0 spiro atoms. The van der Waals surface area contributed by atoms with Crippen molar-refractivity contribution < 1.29 is 17.9 Å². The first-order chi connectivity index (χ1) is 19.1. The van der Waals surface area contributed by atoms with E-state index in [0.717, 1.165) is 42.7 Å². The number of sulfonamides is 1. The number of amides is 1. The van der Waals surface area contributed by atoms with Crippen LogP contribution >= 0.6 is 0 Å². The van der Waals surface area contributed by atoms with Crippen molar-refractivity contribution >= 4 is 21.9 Å². The van der Waals surface area contributed by atoms with Crippen molar-refractivity contribution in [3.8, 4) is 17.1 Å². The third-order valence-electron chi connectivity index (χ3n) is 7.61. The molecule has 40 heavy (non-hydrogen) atoms. The van der Waals surface area contributed by atoms with Crippen molar-refractivity contribution in [2.75, 3.05) is 37.5 Å². The Morgan fingerprint density at radius 3 is 2.55 bits per heavy atom. The Morgan fingerprint density at radius 1 is 1.05 bits per heavy atom. The normalized spacial score (nSPS) is 19.4. The lowest BCUT2D eigenvalue weighted by atomic mass is 10.00. The highest BCUT2D eigenvalue weighted by Gasteiger charge is 2.32. The van der Waals surface area contributed by atoms with E-state index >= 15 is 0 Å². The van der Waals surface area contributed by atoms with E-state index in [1.54, 1.807) is 18.2 Å². The van der Waals surface area contributed by atoms with E-state index in [9.17, 15) is 13.2 Å². The van der Waals surface area contributed by atoms with Crippen molar-refractivity contribution in [2.24, 2.45) is 5.92 Å². The molecule has 1 saturated heterocycles. The molecule has 3 aromatic rings. The summed E-state index contributed by atoms with van der Waals surface area (Å²) in [5.41, 5.74) is 3.85. The van der Waals surface area contributed by atoms with Crippen LogP contribution in [0.25, 0.3) is 11.3 Å². The maximum Gasteiger partial charge on any atom is 0.264 e. The predicted octanol–water partition coefficient (Wildman–Crippen LogP) is 4.52. The molecule has 3 heterocycles. The number of benzene rings is 2. The second-order valence-corrected chi connectivity index (χ2v) is 12.8. The number of hydrogen-bond acceptors (Lipinski definition) is 7. The van der Waals surface area contributed by atoms with Gasteiger partial charge in [0.05, 0.1) is 17.2 Å². The molecule has 2 aromatic carbocycles. The minimum absolute atomic E-state index is 0.0222. The molecule has 1 fully saturated rings. The fourth-order valence-corrected chi connectivity index (χ4v) is 6.40. The van der Waals surface area contributed by atoms with Crippen LogP contribution in [0.3, 0.4) is 0 Å². The number of ether oxygens (including phenoxy) is 1. The molecule has 4 bridgehead atoms. The molecule has 9 nitrogen and oxygen atoms in total. The topological polar surface area (TPSA) is 105 Å². The van der Waals surface area contributed by atoms with E-state index in [1.807, 2.05) is 36.9 Å². The van der Waals surface area contributed by atoms with Crippen LogP contribution in [0, 0.1) is 19.8 Å². The van der Waals surface area contributed by atoms with E-state index in [-0.39, 0.29) is 28.7 Å². The highest BCUT2D eigenvalue weighted by Crippen LogP contribution is 2.30. The van der Waals surface area contributed by atoms with Crippen molar-refractivity contribution in [1.82, 2.24) is 19.8 Å². The van der Waals surface area contributed by atoms with E-state index in [2.05, 4.69) is 33.4 Å². The minimum Gasteiger partial charge on any atom is -0.477 e. The fourth-order valence-electron chi connectivity index (χ4n) is 5.41. The van der Waals surface area contributed by atoms with Gasteiger partial charge in [0, 0.05) is 49.3 Å². The number of piperazine rings is 1. The molecule has 0 unspecified atom stereocenters. The SMILES string of the molecule is Cc1cccc(C)c1-c1cc2nc(n1)NS(=O)(=O)c1cccc(c1)C(=O)N1CCN(CCC(C)C)C[C@@H]1CCO2. The summed E-state index contributed by atoms with van der Waals surface area (Å²) in [6.07, 6.45) is 1.71. The lowest BCUT2D eigenvalue weighted by molar-refractivity contribution is 0.0395. The number of anilines is 1. The first-order valence-electron chi connectivity index (χ1n) is 13.9. The van der Waals surface area contributed by atoms with E-state index in [4.69, 9.17) is 4.74 Å². The minimum atomic E-state index is -4.07. The summed E-state index contributed by atoms with van der Waals surface area (Å²) in [6.45, 7) is 11.8. The average molecular weight is 564 g/mol. The Hall–Kier alpha value is -3.50. The zero-order valence-electron chi connectivity index (χ0n) is 23.6. The summed E-state index contributed by atoms with van der Waals surface area (Å²) in [4.78, 5) is 26.9. The standard InChI is InChI=1S/C30H37N5O4S/c1-20(2)11-13-34-14-15-35-24(19-34)12-16-39-27-18-26(28-21(3)7-5-8-22(28)4)31-30(32-27)33-40(37,38)25-10-6-9-23(17-25)29(35)36/h5-10,17-18,20,24H,11-16,19H2,1-4H3,(H,31,32,33)/t24-/m0/s1. The molecule has 5 rings (SSSR count). The molecule has 0 radical (unpaired) electrons. The van der Waals surface area contributed by atoms with Crippen LogP contribution < -0.4 is 9.46 Å². The van der Waals surface area contributed by atoms with E-state index < -0.39 is 10.0 Å². The predicted molar refractivity (Wildman–Crippen MR) is 155 cm³/mol. The monoisotopic (exact) mass is 563 g/mol. The van der Waals surface area contributed by atoms with Crippen LogP contribution in [0.5, 0.6) is 5.88 Å². The Morgan fingerprint density at radius 2 is 1.80 bits per heavy atom. The van der Waals surface area contributed by atoms with Crippen LogP contribution in [0.15, 0.2) is 53.4 Å². The van der Waals surface area contributed by atoms with Crippen LogP contribution in [-0.2, 0) is 10.0 Å². The smallest absolute Gasteiger partial charge is 0.264 e. The lowest BCUT2D eigenvalue weighted by Crippen LogP contribution is -2.55. The number of carbonyl (C=O) groups is 1. The summed E-state index contributed by atoms with van der Waals surface area (Å²) in [5, 5.41) is 0. The lowest BCUT2D eigenvalue weighted by Gasteiger charge is -2.42. The Bertz CT molecular complexity index is 1490. The molecule has 2 aliphatic rings. The Balaban J connectivity index is 1.55. The van der Waals surface area contributed by atoms with Crippen LogP contribution in [-0.4, -0.2) is 72.9 Å². The third-order valence-corrected chi connectivity index (χ3v) is 8.93. The van der Waals surface area contributed by atoms with Gasteiger partial charge in [0.2, 0.25) is 11.8 Å². The summed E-state index contributed by atoms with van der Waals surface area (Å²) < 4.78 is 35.5. The van der Waals surface area contributed by atoms with Gasteiger partial charge in [-0.2, -0.15) is 4.98 Å². The maximum atomic E-state index is 13.7. The number of carbonyl (C=O) groups excluding carboxylic acids is 1. The number of rotatable bonds is 4. The van der Waals surface area contributed by atoms with Crippen molar-refractivity contribution in [3.63, 3.8) is 0 Å². The fraction of sp³-hybridized carbons (Fsp3) is 0.433. The molecule has 0 aliphatic carbocycles. The zero-order chi connectivity index (χ0) is 28.4. The Labute approximate surface area is 236 Å². The van der Waals surface area contributed by atoms with Gasteiger partial charge in [0.1, 0.15) is 0 Å². The van der Waals surface area contributed by atoms with E-state index in [0.29, 0.717) is 36.7 Å². The van der Waals surface area contributed by atoms with Gasteiger partial charge < -0.3 is 9.64 Å². The van der Waals surface area contributed by atoms with Gasteiger partial charge in [0.15, 0.2) is 0 Å². The number of nitrogens with one attached hydrogen (secondary N) is 1. The zero-order valence-corrected chi connectivity index (χ0v) is 24.4. The molecule has 212 valence electrons. The first kappa shape index (κ1) is 28.0. The number of hydrogen-bond donors (Lipinski definition) is 1. The van der Waals surface area contributed by atoms with Crippen LogP contribution in [0.2, 0.25) is 0 Å². The highest BCUT2D eigenvalue weighted by atomic mass is 32.2. The van der Waals surface area contributed by atoms with Crippen LogP contribution in [0.1, 0.15) is 48.2 Å². The molecule has 1 atom stereocenters. The van der Waals surface area contributed by atoms with Gasteiger partial charge in [0.25, 0.3) is 15.9 Å². The van der Waals surface area contributed by atoms with E-state index in [1.165, 1.54) is 12.1 Å². The summed E-state index contributed by atoms with van der Waals surface area (Å²) in [7, 11) is -4.07.